The lowest BCUT2D eigenvalue weighted by Gasteiger charge is -2.10. The van der Waals surface area contributed by atoms with Gasteiger partial charge in [-0.3, -0.25) is 0 Å². The molecular formula is C51H34N4. The number of nitrogens with zero attached hydrogens (tertiary/aromatic N) is 4. The van der Waals surface area contributed by atoms with Crippen LogP contribution in [0, 0.1) is 0 Å². The van der Waals surface area contributed by atoms with E-state index in [9.17, 15) is 0 Å². The Balaban J connectivity index is 0.904. The van der Waals surface area contributed by atoms with Crippen molar-refractivity contribution in [2.75, 3.05) is 0 Å². The first kappa shape index (κ1) is 32.2. The van der Waals surface area contributed by atoms with Crippen LogP contribution in [0.4, 0.5) is 0 Å². The van der Waals surface area contributed by atoms with Crippen LogP contribution in [-0.4, -0.2) is 19.5 Å². The number of hydrogen-bond donors (Lipinski definition) is 0. The third kappa shape index (κ3) is 6.16. The molecule has 0 spiro atoms. The standard InChI is InChI=1S/C51H34N4/c1-4-12-40(13-5-1)49-52-50(41-14-6-2-7-15-41)54-51(53-49)42-30-28-38(29-31-42)36-22-20-35(21-23-36)37-24-26-39(27-25-37)43-32-33-48-46(34-43)45-18-10-11-19-47(45)55(48)44-16-8-3-9-17-44/h1-34H. The van der Waals surface area contributed by atoms with Gasteiger partial charge in [0.2, 0.25) is 0 Å². The smallest absolute Gasteiger partial charge is 0.164 e. The van der Waals surface area contributed by atoms with E-state index in [-0.39, 0.29) is 0 Å². The number of hydrogen-bond acceptors (Lipinski definition) is 3. The molecule has 2 heterocycles. The molecule has 0 saturated carbocycles. The second kappa shape index (κ2) is 13.8. The molecule has 0 aliphatic carbocycles. The van der Waals surface area contributed by atoms with Crippen LogP contribution in [0.5, 0.6) is 0 Å². The summed E-state index contributed by atoms with van der Waals surface area (Å²) >= 11 is 0. The van der Waals surface area contributed by atoms with Crippen molar-refractivity contribution < 1.29 is 0 Å². The van der Waals surface area contributed by atoms with E-state index in [1.54, 1.807) is 0 Å². The minimum Gasteiger partial charge on any atom is -0.309 e. The van der Waals surface area contributed by atoms with Crippen LogP contribution in [0.2, 0.25) is 0 Å². The van der Waals surface area contributed by atoms with Gasteiger partial charge >= 0.3 is 0 Å². The van der Waals surface area contributed by atoms with Gasteiger partial charge in [-0.15, -0.1) is 0 Å². The Labute approximate surface area is 319 Å². The predicted octanol–water partition coefficient (Wildman–Crippen LogP) is 13.0. The number of benzene rings is 8. The zero-order chi connectivity index (χ0) is 36.6. The third-order valence-electron chi connectivity index (χ3n) is 10.3. The van der Waals surface area contributed by atoms with Gasteiger partial charge in [0, 0.05) is 33.2 Å². The summed E-state index contributed by atoms with van der Waals surface area (Å²) in [6.45, 7) is 0. The minimum absolute atomic E-state index is 0.650. The molecule has 0 fully saturated rings. The summed E-state index contributed by atoms with van der Waals surface area (Å²) in [4.78, 5) is 14.6. The Hall–Kier alpha value is -7.43. The molecule has 8 aromatic carbocycles. The average molecular weight is 703 g/mol. The van der Waals surface area contributed by atoms with Gasteiger partial charge in [0.1, 0.15) is 0 Å². The maximum absolute atomic E-state index is 4.89. The Morgan fingerprint density at radius 1 is 0.255 bits per heavy atom. The molecule has 2 aromatic heterocycles. The maximum Gasteiger partial charge on any atom is 0.164 e. The third-order valence-corrected chi connectivity index (χ3v) is 10.3. The quantitative estimate of drug-likeness (QED) is 0.166. The number of para-hydroxylation sites is 2. The largest absolute Gasteiger partial charge is 0.309 e. The van der Waals surface area contributed by atoms with Crippen LogP contribution in [0.25, 0.3) is 95.0 Å². The second-order valence-electron chi connectivity index (χ2n) is 13.7. The van der Waals surface area contributed by atoms with Gasteiger partial charge in [-0.1, -0.05) is 176 Å². The summed E-state index contributed by atoms with van der Waals surface area (Å²) in [5.41, 5.74) is 13.5. The van der Waals surface area contributed by atoms with Gasteiger partial charge in [-0.05, 0) is 63.7 Å². The van der Waals surface area contributed by atoms with E-state index >= 15 is 0 Å². The lowest BCUT2D eigenvalue weighted by atomic mass is 9.97. The van der Waals surface area contributed by atoms with Gasteiger partial charge in [-0.2, -0.15) is 0 Å². The van der Waals surface area contributed by atoms with Crippen LogP contribution < -0.4 is 0 Å². The van der Waals surface area contributed by atoms with Crippen molar-refractivity contribution in [3.05, 3.63) is 206 Å². The summed E-state index contributed by atoms with van der Waals surface area (Å²) in [6.07, 6.45) is 0. The van der Waals surface area contributed by atoms with Crippen LogP contribution in [-0.2, 0) is 0 Å². The first-order valence-electron chi connectivity index (χ1n) is 18.5. The van der Waals surface area contributed by atoms with E-state index < -0.39 is 0 Å². The molecule has 0 aliphatic rings. The van der Waals surface area contributed by atoms with Crippen molar-refractivity contribution >= 4 is 21.8 Å². The fourth-order valence-electron chi connectivity index (χ4n) is 7.47. The van der Waals surface area contributed by atoms with Gasteiger partial charge in [-0.25, -0.2) is 15.0 Å². The molecule has 0 atom stereocenters. The molecule has 0 bridgehead atoms. The first-order chi connectivity index (χ1) is 27.2. The van der Waals surface area contributed by atoms with Crippen molar-refractivity contribution in [1.29, 1.82) is 0 Å². The van der Waals surface area contributed by atoms with Gasteiger partial charge in [0.05, 0.1) is 11.0 Å². The van der Waals surface area contributed by atoms with Crippen molar-refractivity contribution in [3.63, 3.8) is 0 Å². The van der Waals surface area contributed by atoms with Gasteiger partial charge in [0.25, 0.3) is 0 Å². The highest BCUT2D eigenvalue weighted by Gasteiger charge is 2.14. The predicted molar refractivity (Wildman–Crippen MR) is 227 cm³/mol. The van der Waals surface area contributed by atoms with Gasteiger partial charge < -0.3 is 4.57 Å². The van der Waals surface area contributed by atoms with E-state index in [2.05, 4.69) is 150 Å². The van der Waals surface area contributed by atoms with E-state index in [0.717, 1.165) is 27.8 Å². The normalized spacial score (nSPS) is 11.3. The number of aromatic nitrogens is 4. The zero-order valence-electron chi connectivity index (χ0n) is 29.9. The molecule has 0 saturated heterocycles. The van der Waals surface area contributed by atoms with Crippen molar-refractivity contribution in [3.8, 4) is 73.2 Å². The van der Waals surface area contributed by atoms with Crippen LogP contribution in [0.1, 0.15) is 0 Å². The molecule has 0 aliphatic heterocycles. The molecular weight excluding hydrogens is 669 g/mol. The van der Waals surface area contributed by atoms with Crippen LogP contribution in [0.3, 0.4) is 0 Å². The molecule has 10 aromatic rings. The fourth-order valence-corrected chi connectivity index (χ4v) is 7.47. The van der Waals surface area contributed by atoms with Crippen molar-refractivity contribution in [1.82, 2.24) is 19.5 Å². The van der Waals surface area contributed by atoms with E-state index in [0.29, 0.717) is 17.5 Å². The highest BCUT2D eigenvalue weighted by Crippen LogP contribution is 2.36. The highest BCUT2D eigenvalue weighted by molar-refractivity contribution is 6.10. The Morgan fingerprint density at radius 3 is 1.09 bits per heavy atom. The van der Waals surface area contributed by atoms with E-state index in [4.69, 9.17) is 15.0 Å². The van der Waals surface area contributed by atoms with Crippen LogP contribution in [0.15, 0.2) is 206 Å². The molecule has 0 radical (unpaired) electrons. The summed E-state index contributed by atoms with van der Waals surface area (Å²) in [7, 11) is 0. The van der Waals surface area contributed by atoms with Crippen LogP contribution >= 0.6 is 0 Å². The number of rotatable bonds is 7. The molecule has 258 valence electrons. The van der Waals surface area contributed by atoms with E-state index in [1.807, 2.05) is 60.7 Å². The monoisotopic (exact) mass is 702 g/mol. The van der Waals surface area contributed by atoms with E-state index in [1.165, 1.54) is 49.7 Å². The van der Waals surface area contributed by atoms with Crippen molar-refractivity contribution in [2.45, 2.75) is 0 Å². The summed E-state index contributed by atoms with van der Waals surface area (Å²) in [5.74, 6) is 1.97. The summed E-state index contributed by atoms with van der Waals surface area (Å²) in [6, 6.07) is 72.4. The molecule has 0 N–H and O–H groups in total. The molecule has 10 rings (SSSR count). The fraction of sp³-hybridized carbons (Fsp3) is 0. The maximum atomic E-state index is 4.89. The van der Waals surface area contributed by atoms with Crippen molar-refractivity contribution in [2.24, 2.45) is 0 Å². The molecule has 0 unspecified atom stereocenters. The molecule has 4 heteroatoms. The first-order valence-corrected chi connectivity index (χ1v) is 18.5. The number of fused-ring (bicyclic) bond motifs is 3. The molecule has 0 amide bonds. The van der Waals surface area contributed by atoms with Gasteiger partial charge in [0.15, 0.2) is 17.5 Å². The Kier molecular flexibility index (Phi) is 8.12. The Morgan fingerprint density at radius 2 is 0.600 bits per heavy atom. The highest BCUT2D eigenvalue weighted by atomic mass is 15.0. The lowest BCUT2D eigenvalue weighted by Crippen LogP contribution is -2.00. The molecule has 55 heavy (non-hydrogen) atoms. The minimum atomic E-state index is 0.650. The lowest BCUT2D eigenvalue weighted by molar-refractivity contribution is 1.07. The summed E-state index contributed by atoms with van der Waals surface area (Å²) < 4.78 is 2.36. The molecule has 4 nitrogen and oxygen atoms in total. The summed E-state index contributed by atoms with van der Waals surface area (Å²) in [5, 5.41) is 2.52. The zero-order valence-corrected chi connectivity index (χ0v) is 29.9. The topological polar surface area (TPSA) is 43.6 Å². The Bertz CT molecular complexity index is 2860. The SMILES string of the molecule is c1ccc(-c2nc(-c3ccccc3)nc(-c3ccc(-c4ccc(-c5ccc(-c6ccc7c(c6)c6ccccc6n7-c6ccccc6)cc5)cc4)cc3)n2)cc1. The average Bonchev–Trinajstić information content (AvgIpc) is 3.61. The second-order valence-corrected chi connectivity index (χ2v) is 13.7.